The van der Waals surface area contributed by atoms with Gasteiger partial charge in [0.25, 0.3) is 0 Å². The molecule has 0 spiro atoms. The van der Waals surface area contributed by atoms with Crippen LogP contribution in [0.15, 0.2) is 67.3 Å². The number of rotatable bonds is 12. The Morgan fingerprint density at radius 3 is 2.61 bits per heavy atom. The highest BCUT2D eigenvalue weighted by molar-refractivity contribution is 5.99. The van der Waals surface area contributed by atoms with Crippen molar-refractivity contribution in [3.8, 4) is 5.75 Å². The van der Waals surface area contributed by atoms with Crippen LogP contribution in [0.3, 0.4) is 0 Å². The summed E-state index contributed by atoms with van der Waals surface area (Å²) in [7, 11) is 0. The van der Waals surface area contributed by atoms with Gasteiger partial charge in [0.15, 0.2) is 5.78 Å². The molecule has 0 fully saturated rings. The van der Waals surface area contributed by atoms with E-state index >= 15 is 0 Å². The van der Waals surface area contributed by atoms with Gasteiger partial charge in [-0.25, -0.2) is 0 Å². The van der Waals surface area contributed by atoms with E-state index in [4.69, 9.17) is 14.2 Å². The van der Waals surface area contributed by atoms with Crippen LogP contribution in [0.4, 0.5) is 0 Å². The molecule has 28 heavy (non-hydrogen) atoms. The Labute approximate surface area is 165 Å². The fraction of sp³-hybridized carbons (Fsp3) is 0.304. The summed E-state index contributed by atoms with van der Waals surface area (Å²) in [6.07, 6.45) is 1.37. The molecule has 0 aliphatic heterocycles. The van der Waals surface area contributed by atoms with Crippen molar-refractivity contribution in [3.63, 3.8) is 0 Å². The van der Waals surface area contributed by atoms with E-state index in [2.05, 4.69) is 6.58 Å². The summed E-state index contributed by atoms with van der Waals surface area (Å²) >= 11 is 0. The molecule has 1 atom stereocenters. The van der Waals surface area contributed by atoms with Crippen LogP contribution in [-0.2, 0) is 25.7 Å². The highest BCUT2D eigenvalue weighted by Crippen LogP contribution is 2.24. The highest BCUT2D eigenvalue weighted by Gasteiger charge is 2.24. The first-order valence-electron chi connectivity index (χ1n) is 9.27. The molecule has 2 aromatic carbocycles. The fourth-order valence-electron chi connectivity index (χ4n) is 2.70. The second kappa shape index (κ2) is 11.7. The van der Waals surface area contributed by atoms with Crippen LogP contribution in [0.5, 0.6) is 5.75 Å². The second-order valence-corrected chi connectivity index (χ2v) is 6.17. The predicted octanol–water partition coefficient (Wildman–Crippen LogP) is 4.07. The SMILES string of the molecule is C=CCOc1cccc([C@@H](COCc2ccccc2)C(=O)CC(=O)OCC)c1. The first-order valence-corrected chi connectivity index (χ1v) is 9.27. The third kappa shape index (κ3) is 7.00. The third-order valence-electron chi connectivity index (χ3n) is 4.04. The molecule has 5 heteroatoms. The van der Waals surface area contributed by atoms with Gasteiger partial charge in [0, 0.05) is 0 Å². The maximum absolute atomic E-state index is 12.8. The lowest BCUT2D eigenvalue weighted by molar-refractivity contribution is -0.146. The van der Waals surface area contributed by atoms with Gasteiger partial charge in [-0.05, 0) is 30.2 Å². The topological polar surface area (TPSA) is 61.8 Å². The van der Waals surface area contributed by atoms with Crippen molar-refractivity contribution in [1.82, 2.24) is 0 Å². The van der Waals surface area contributed by atoms with Gasteiger partial charge in [-0.2, -0.15) is 0 Å². The van der Waals surface area contributed by atoms with Crippen LogP contribution in [0.1, 0.15) is 30.4 Å². The van der Waals surface area contributed by atoms with E-state index in [1.54, 1.807) is 19.1 Å². The quantitative estimate of drug-likeness (QED) is 0.315. The van der Waals surface area contributed by atoms with Crippen LogP contribution in [-0.4, -0.2) is 31.6 Å². The summed E-state index contributed by atoms with van der Waals surface area (Å²) in [6, 6.07) is 17.0. The van der Waals surface area contributed by atoms with Crippen molar-refractivity contribution in [3.05, 3.63) is 78.4 Å². The largest absolute Gasteiger partial charge is 0.490 e. The number of ketones is 1. The number of hydrogen-bond donors (Lipinski definition) is 0. The van der Waals surface area contributed by atoms with E-state index in [1.165, 1.54) is 0 Å². The molecule has 0 unspecified atom stereocenters. The summed E-state index contributed by atoms with van der Waals surface area (Å²) < 4.78 is 16.3. The maximum Gasteiger partial charge on any atom is 0.313 e. The lowest BCUT2D eigenvalue weighted by Gasteiger charge is -2.17. The molecule has 5 nitrogen and oxygen atoms in total. The molecule has 0 saturated carbocycles. The monoisotopic (exact) mass is 382 g/mol. The summed E-state index contributed by atoms with van der Waals surface area (Å²) in [5.74, 6) is -0.721. The third-order valence-corrected chi connectivity index (χ3v) is 4.04. The van der Waals surface area contributed by atoms with Crippen LogP contribution < -0.4 is 4.74 Å². The van der Waals surface area contributed by atoms with Crippen molar-refractivity contribution in [2.24, 2.45) is 0 Å². The molecule has 0 amide bonds. The minimum absolute atomic E-state index is 0.165. The lowest BCUT2D eigenvalue weighted by atomic mass is 9.93. The number of ether oxygens (including phenoxy) is 3. The highest BCUT2D eigenvalue weighted by atomic mass is 16.5. The Morgan fingerprint density at radius 1 is 1.11 bits per heavy atom. The predicted molar refractivity (Wildman–Crippen MR) is 107 cm³/mol. The van der Waals surface area contributed by atoms with Crippen molar-refractivity contribution < 1.29 is 23.8 Å². The number of hydrogen-bond acceptors (Lipinski definition) is 5. The van der Waals surface area contributed by atoms with Crippen molar-refractivity contribution >= 4 is 11.8 Å². The summed E-state index contributed by atoms with van der Waals surface area (Å²) in [4.78, 5) is 24.5. The molecule has 0 N–H and O–H groups in total. The number of Topliss-reactive ketones (excluding diaryl/α,β-unsaturated/α-hetero) is 1. The second-order valence-electron chi connectivity index (χ2n) is 6.17. The minimum atomic E-state index is -0.583. The van der Waals surface area contributed by atoms with Crippen molar-refractivity contribution in [1.29, 1.82) is 0 Å². The molecule has 0 aliphatic rings. The van der Waals surface area contributed by atoms with Crippen LogP contribution in [0.25, 0.3) is 0 Å². The Morgan fingerprint density at radius 2 is 1.89 bits per heavy atom. The molecule has 0 heterocycles. The maximum atomic E-state index is 12.8. The van der Waals surface area contributed by atoms with Gasteiger partial charge < -0.3 is 14.2 Å². The molecule has 0 bridgehead atoms. The zero-order chi connectivity index (χ0) is 20.2. The average Bonchev–Trinajstić information content (AvgIpc) is 2.70. The molecule has 0 aliphatic carbocycles. The van der Waals surface area contributed by atoms with E-state index in [0.29, 0.717) is 19.0 Å². The van der Waals surface area contributed by atoms with E-state index in [0.717, 1.165) is 11.1 Å². The van der Waals surface area contributed by atoms with E-state index in [9.17, 15) is 9.59 Å². The molecule has 2 rings (SSSR count). The molecule has 0 radical (unpaired) electrons. The van der Waals surface area contributed by atoms with Gasteiger partial charge in [0.1, 0.15) is 18.8 Å². The fourth-order valence-corrected chi connectivity index (χ4v) is 2.70. The lowest BCUT2D eigenvalue weighted by Crippen LogP contribution is -2.22. The summed E-state index contributed by atoms with van der Waals surface area (Å²) in [5, 5.41) is 0. The van der Waals surface area contributed by atoms with Crippen LogP contribution >= 0.6 is 0 Å². The first kappa shape index (κ1) is 21.4. The number of carbonyl (C=O) groups excluding carboxylic acids is 2. The van der Waals surface area contributed by atoms with E-state index in [-0.39, 0.29) is 25.4 Å². The van der Waals surface area contributed by atoms with Gasteiger partial charge >= 0.3 is 5.97 Å². The van der Waals surface area contributed by atoms with E-state index in [1.807, 2.05) is 48.5 Å². The molecule has 0 saturated heterocycles. The Bertz CT molecular complexity index is 770. The number of carbonyl (C=O) groups is 2. The van der Waals surface area contributed by atoms with Crippen molar-refractivity contribution in [2.75, 3.05) is 19.8 Å². The van der Waals surface area contributed by atoms with Crippen LogP contribution in [0, 0.1) is 0 Å². The Kier molecular flexibility index (Phi) is 8.95. The number of benzene rings is 2. The zero-order valence-electron chi connectivity index (χ0n) is 16.1. The molecular formula is C23H26O5. The first-order chi connectivity index (χ1) is 13.6. The van der Waals surface area contributed by atoms with Gasteiger partial charge in [-0.1, -0.05) is 55.1 Å². The Balaban J connectivity index is 2.11. The van der Waals surface area contributed by atoms with Gasteiger partial charge in [0.05, 0.1) is 25.7 Å². The van der Waals surface area contributed by atoms with Crippen molar-refractivity contribution in [2.45, 2.75) is 25.9 Å². The summed E-state index contributed by atoms with van der Waals surface area (Å²) in [6.45, 7) is 6.50. The molecule has 0 aromatic heterocycles. The molecular weight excluding hydrogens is 356 g/mol. The van der Waals surface area contributed by atoms with Gasteiger partial charge in [-0.15, -0.1) is 0 Å². The normalized spacial score (nSPS) is 11.5. The standard InChI is InChI=1S/C23H26O5/c1-3-13-28-20-12-8-11-19(14-20)21(22(24)15-23(25)27-4-2)17-26-16-18-9-6-5-7-10-18/h3,5-12,14,21H,1,4,13,15-17H2,2H3/t21-/m1/s1. The average molecular weight is 382 g/mol. The zero-order valence-corrected chi connectivity index (χ0v) is 16.1. The Hall–Kier alpha value is -2.92. The van der Waals surface area contributed by atoms with Gasteiger partial charge in [0.2, 0.25) is 0 Å². The molecule has 148 valence electrons. The van der Waals surface area contributed by atoms with Gasteiger partial charge in [-0.3, -0.25) is 9.59 Å². The minimum Gasteiger partial charge on any atom is -0.490 e. The molecule has 2 aromatic rings. The smallest absolute Gasteiger partial charge is 0.313 e. The summed E-state index contributed by atoms with van der Waals surface area (Å²) in [5.41, 5.74) is 1.76. The number of esters is 1. The van der Waals surface area contributed by atoms with E-state index < -0.39 is 11.9 Å². The van der Waals surface area contributed by atoms with Crippen LogP contribution in [0.2, 0.25) is 0 Å².